The second-order valence-electron chi connectivity index (χ2n) is 7.82. The lowest BCUT2D eigenvalue weighted by atomic mass is 9.87. The molecule has 0 unspecified atom stereocenters. The molecule has 0 saturated heterocycles. The Morgan fingerprint density at radius 1 is 0.966 bits per heavy atom. The summed E-state index contributed by atoms with van der Waals surface area (Å²) in [6.45, 7) is 8.29. The van der Waals surface area contributed by atoms with Gasteiger partial charge >= 0.3 is 0 Å². The third kappa shape index (κ3) is 5.31. The Morgan fingerprint density at radius 2 is 1.69 bits per heavy atom. The first-order valence-corrected chi connectivity index (χ1v) is 9.43. The van der Waals surface area contributed by atoms with Crippen molar-refractivity contribution in [1.29, 1.82) is 0 Å². The highest BCUT2D eigenvalue weighted by Crippen LogP contribution is 2.25. The summed E-state index contributed by atoms with van der Waals surface area (Å²) in [5.41, 5.74) is 3.16. The maximum atomic E-state index is 12.7. The van der Waals surface area contributed by atoms with Crippen LogP contribution in [0.1, 0.15) is 42.6 Å². The maximum absolute atomic E-state index is 12.7. The summed E-state index contributed by atoms with van der Waals surface area (Å²) in [4.78, 5) is 21.3. The van der Waals surface area contributed by atoms with Crippen LogP contribution >= 0.6 is 0 Å². The van der Waals surface area contributed by atoms with Crippen molar-refractivity contribution in [3.8, 4) is 5.75 Å². The molecule has 1 aromatic heterocycles. The Morgan fingerprint density at radius 3 is 2.34 bits per heavy atom. The summed E-state index contributed by atoms with van der Waals surface area (Å²) in [6.07, 6.45) is 0. The van der Waals surface area contributed by atoms with Crippen LogP contribution in [0.15, 0.2) is 54.6 Å². The summed E-state index contributed by atoms with van der Waals surface area (Å²) >= 11 is 0. The zero-order valence-corrected chi connectivity index (χ0v) is 17.4. The molecule has 6 nitrogen and oxygen atoms in total. The summed E-state index contributed by atoms with van der Waals surface area (Å²) in [7, 11) is 1.58. The lowest BCUT2D eigenvalue weighted by Crippen LogP contribution is -2.15. The maximum Gasteiger partial charge on any atom is 0.274 e. The summed E-state index contributed by atoms with van der Waals surface area (Å²) in [5.74, 6) is 1.44. The number of amides is 1. The van der Waals surface area contributed by atoms with Gasteiger partial charge in [0.15, 0.2) is 0 Å². The largest absolute Gasteiger partial charge is 0.497 e. The number of methoxy groups -OCH3 is 1. The Labute approximate surface area is 171 Å². The predicted octanol–water partition coefficient (Wildman–Crippen LogP) is 5.09. The molecule has 3 aromatic rings. The van der Waals surface area contributed by atoms with E-state index >= 15 is 0 Å². The fourth-order valence-electron chi connectivity index (χ4n) is 2.85. The first-order chi connectivity index (χ1) is 13.7. The molecule has 0 radical (unpaired) electrons. The molecule has 0 aliphatic heterocycles. The van der Waals surface area contributed by atoms with Crippen LogP contribution < -0.4 is 15.4 Å². The van der Waals surface area contributed by atoms with Crippen molar-refractivity contribution in [2.45, 2.75) is 33.1 Å². The molecule has 0 saturated carbocycles. The number of aromatic nitrogens is 2. The van der Waals surface area contributed by atoms with Gasteiger partial charge in [0.2, 0.25) is 0 Å². The van der Waals surface area contributed by atoms with Crippen LogP contribution in [0.2, 0.25) is 0 Å². The van der Waals surface area contributed by atoms with Crippen LogP contribution in [0, 0.1) is 6.92 Å². The van der Waals surface area contributed by atoms with Crippen molar-refractivity contribution in [1.82, 2.24) is 9.97 Å². The molecule has 0 bridgehead atoms. The van der Waals surface area contributed by atoms with Crippen molar-refractivity contribution in [2.24, 2.45) is 0 Å². The second kappa shape index (κ2) is 8.31. The molecule has 29 heavy (non-hydrogen) atoms. The zero-order valence-electron chi connectivity index (χ0n) is 17.4. The monoisotopic (exact) mass is 390 g/mol. The molecular weight excluding hydrogens is 364 g/mol. The number of nitrogens with zero attached hydrogens (tertiary/aromatic N) is 2. The number of nitrogens with one attached hydrogen (secondary N) is 2. The summed E-state index contributed by atoms with van der Waals surface area (Å²) in [5, 5.41) is 6.09. The highest BCUT2D eigenvalue weighted by molar-refractivity contribution is 6.03. The second-order valence-corrected chi connectivity index (χ2v) is 7.82. The number of aryl methyl sites for hydroxylation is 1. The Hall–Kier alpha value is -3.41. The minimum atomic E-state index is -0.310. The highest BCUT2D eigenvalue weighted by atomic mass is 16.5. The van der Waals surface area contributed by atoms with Crippen LogP contribution in [0.5, 0.6) is 5.75 Å². The van der Waals surface area contributed by atoms with Crippen molar-refractivity contribution < 1.29 is 9.53 Å². The number of carbonyl (C=O) groups is 1. The zero-order chi connectivity index (χ0) is 21.0. The van der Waals surface area contributed by atoms with Gasteiger partial charge < -0.3 is 15.4 Å². The first-order valence-electron chi connectivity index (χ1n) is 9.43. The van der Waals surface area contributed by atoms with Crippen LogP contribution in [-0.4, -0.2) is 23.0 Å². The lowest BCUT2D eigenvalue weighted by molar-refractivity contribution is 0.102. The minimum Gasteiger partial charge on any atom is -0.497 e. The fraction of sp³-hybridized carbons (Fsp3) is 0.261. The van der Waals surface area contributed by atoms with Gasteiger partial charge in [0.1, 0.15) is 23.1 Å². The molecule has 0 spiro atoms. The molecule has 0 atom stereocenters. The van der Waals surface area contributed by atoms with E-state index in [2.05, 4.69) is 53.5 Å². The minimum absolute atomic E-state index is 0.0927. The van der Waals surface area contributed by atoms with Gasteiger partial charge in [0, 0.05) is 23.5 Å². The van der Waals surface area contributed by atoms with E-state index in [0.29, 0.717) is 23.1 Å². The Kier molecular flexibility index (Phi) is 5.82. The van der Waals surface area contributed by atoms with Gasteiger partial charge in [0.05, 0.1) is 7.11 Å². The van der Waals surface area contributed by atoms with Gasteiger partial charge in [-0.2, -0.15) is 0 Å². The van der Waals surface area contributed by atoms with Gasteiger partial charge in [-0.1, -0.05) is 39.0 Å². The van der Waals surface area contributed by atoms with E-state index in [-0.39, 0.29) is 17.0 Å². The third-order valence-corrected chi connectivity index (χ3v) is 4.42. The predicted molar refractivity (Wildman–Crippen MR) is 116 cm³/mol. The number of hydrogen-bond donors (Lipinski definition) is 2. The number of anilines is 3. The van der Waals surface area contributed by atoms with E-state index in [0.717, 1.165) is 5.69 Å². The van der Waals surface area contributed by atoms with Crippen molar-refractivity contribution in [3.63, 3.8) is 0 Å². The van der Waals surface area contributed by atoms with E-state index in [1.165, 1.54) is 5.56 Å². The van der Waals surface area contributed by atoms with Gasteiger partial charge in [0.25, 0.3) is 5.91 Å². The van der Waals surface area contributed by atoms with E-state index < -0.39 is 0 Å². The summed E-state index contributed by atoms with van der Waals surface area (Å²) < 4.78 is 5.19. The van der Waals surface area contributed by atoms with Crippen LogP contribution in [0.25, 0.3) is 0 Å². The summed E-state index contributed by atoms with van der Waals surface area (Å²) in [6, 6.07) is 17.0. The molecule has 3 rings (SSSR count). The molecule has 150 valence electrons. The molecule has 0 aliphatic carbocycles. The van der Waals surface area contributed by atoms with E-state index in [1.807, 2.05) is 24.3 Å². The van der Waals surface area contributed by atoms with Crippen LogP contribution in [-0.2, 0) is 5.41 Å². The van der Waals surface area contributed by atoms with Crippen molar-refractivity contribution >= 4 is 23.1 Å². The molecule has 0 fully saturated rings. The SMILES string of the molecule is COc1cccc(NC(=O)c2cc(Nc3ccc(C(C)(C)C)cc3)nc(C)n2)c1. The smallest absolute Gasteiger partial charge is 0.274 e. The number of ether oxygens (including phenoxy) is 1. The normalized spacial score (nSPS) is 11.1. The van der Waals surface area contributed by atoms with Crippen LogP contribution in [0.4, 0.5) is 17.2 Å². The number of hydrogen-bond acceptors (Lipinski definition) is 5. The molecule has 2 aromatic carbocycles. The lowest BCUT2D eigenvalue weighted by Gasteiger charge is -2.19. The molecule has 0 aliphatic rings. The third-order valence-electron chi connectivity index (χ3n) is 4.42. The quantitative estimate of drug-likeness (QED) is 0.635. The van der Waals surface area contributed by atoms with Gasteiger partial charge in [-0.15, -0.1) is 0 Å². The van der Waals surface area contributed by atoms with E-state index in [4.69, 9.17) is 4.74 Å². The fourth-order valence-corrected chi connectivity index (χ4v) is 2.85. The molecular formula is C23H26N4O2. The highest BCUT2D eigenvalue weighted by Gasteiger charge is 2.14. The Balaban J connectivity index is 1.77. The Bertz CT molecular complexity index is 1010. The van der Waals surface area contributed by atoms with Crippen LogP contribution in [0.3, 0.4) is 0 Å². The molecule has 1 amide bonds. The van der Waals surface area contributed by atoms with Crippen molar-refractivity contribution in [2.75, 3.05) is 17.7 Å². The van der Waals surface area contributed by atoms with Crippen molar-refractivity contribution in [3.05, 3.63) is 71.7 Å². The topological polar surface area (TPSA) is 76.1 Å². The standard InChI is InChI=1S/C23H26N4O2/c1-15-24-20(22(28)27-18-7-6-8-19(13-18)29-5)14-21(25-15)26-17-11-9-16(10-12-17)23(2,3)4/h6-14H,1-5H3,(H,27,28)(H,24,25,26). The average Bonchev–Trinajstić information content (AvgIpc) is 2.67. The number of rotatable bonds is 5. The van der Waals surface area contributed by atoms with E-state index in [9.17, 15) is 4.79 Å². The van der Waals surface area contributed by atoms with Gasteiger partial charge in [-0.05, 0) is 42.2 Å². The van der Waals surface area contributed by atoms with E-state index in [1.54, 1.807) is 32.2 Å². The molecule has 2 N–H and O–H groups in total. The number of carbonyl (C=O) groups excluding carboxylic acids is 1. The number of benzene rings is 2. The average molecular weight is 390 g/mol. The molecule has 6 heteroatoms. The van der Waals surface area contributed by atoms with Gasteiger partial charge in [-0.25, -0.2) is 9.97 Å². The first kappa shape index (κ1) is 20.3. The van der Waals surface area contributed by atoms with Gasteiger partial charge in [-0.3, -0.25) is 4.79 Å². The molecule has 1 heterocycles.